The lowest BCUT2D eigenvalue weighted by Gasteiger charge is -2.42. The van der Waals surface area contributed by atoms with Crippen LogP contribution < -0.4 is 5.32 Å². The summed E-state index contributed by atoms with van der Waals surface area (Å²) in [4.78, 5) is 24.8. The van der Waals surface area contributed by atoms with Gasteiger partial charge in [0.1, 0.15) is 0 Å². The van der Waals surface area contributed by atoms with Gasteiger partial charge in [0.2, 0.25) is 5.91 Å². The number of carboxylic acids is 1. The van der Waals surface area contributed by atoms with E-state index in [4.69, 9.17) is 0 Å². The van der Waals surface area contributed by atoms with E-state index in [2.05, 4.69) is 5.32 Å². The fourth-order valence-corrected chi connectivity index (χ4v) is 3.13. The van der Waals surface area contributed by atoms with E-state index < -0.39 is 35.4 Å². The molecule has 2 fully saturated rings. The largest absolute Gasteiger partial charge is 0.481 e. The van der Waals surface area contributed by atoms with Gasteiger partial charge in [-0.3, -0.25) is 9.59 Å². The number of aliphatic carboxylic acids is 1. The van der Waals surface area contributed by atoms with Gasteiger partial charge in [0.15, 0.2) is 5.41 Å². The molecular formula is C13H19F3N2O3. The van der Waals surface area contributed by atoms with E-state index >= 15 is 0 Å². The normalized spacial score (nSPS) is 34.0. The number of piperidine rings is 1. The summed E-state index contributed by atoms with van der Waals surface area (Å²) < 4.78 is 40.1. The van der Waals surface area contributed by atoms with Gasteiger partial charge in [-0.25, -0.2) is 0 Å². The molecule has 2 rings (SSSR count). The highest BCUT2D eigenvalue weighted by Crippen LogP contribution is 2.45. The molecule has 0 aromatic rings. The van der Waals surface area contributed by atoms with Gasteiger partial charge >= 0.3 is 12.1 Å². The third kappa shape index (κ3) is 2.61. The molecule has 0 radical (unpaired) electrons. The molecule has 120 valence electrons. The highest BCUT2D eigenvalue weighted by Gasteiger charge is 2.63. The summed E-state index contributed by atoms with van der Waals surface area (Å²) in [6.45, 7) is 1.19. The molecule has 2 saturated heterocycles. The minimum atomic E-state index is -4.63. The fraction of sp³-hybridized carbons (Fsp3) is 0.846. The van der Waals surface area contributed by atoms with Crippen LogP contribution in [0.5, 0.6) is 0 Å². The number of hydrogen-bond donors (Lipinski definition) is 2. The Hall–Kier alpha value is -1.31. The van der Waals surface area contributed by atoms with Crippen LogP contribution in [0, 0.1) is 10.8 Å². The summed E-state index contributed by atoms with van der Waals surface area (Å²) in [7, 11) is 0. The topological polar surface area (TPSA) is 69.6 Å². The summed E-state index contributed by atoms with van der Waals surface area (Å²) in [5.41, 5.74) is -3.59. The first-order valence-electron chi connectivity index (χ1n) is 6.93. The second-order valence-electron chi connectivity index (χ2n) is 6.20. The number of likely N-dealkylation sites (tertiary alicyclic amines) is 1. The predicted molar refractivity (Wildman–Crippen MR) is 67.5 cm³/mol. The lowest BCUT2D eigenvalue weighted by Crippen LogP contribution is -2.57. The van der Waals surface area contributed by atoms with Crippen LogP contribution in [0.1, 0.15) is 26.2 Å². The van der Waals surface area contributed by atoms with E-state index in [-0.39, 0.29) is 26.1 Å². The summed E-state index contributed by atoms with van der Waals surface area (Å²) in [5, 5.41) is 11.8. The smallest absolute Gasteiger partial charge is 0.404 e. The summed E-state index contributed by atoms with van der Waals surface area (Å²) in [6.07, 6.45) is -4.17. The molecule has 1 amide bonds. The maximum absolute atomic E-state index is 13.4. The number of carbonyl (C=O) groups is 2. The van der Waals surface area contributed by atoms with Crippen molar-refractivity contribution in [2.24, 2.45) is 10.8 Å². The Morgan fingerprint density at radius 3 is 2.43 bits per heavy atom. The summed E-state index contributed by atoms with van der Waals surface area (Å²) in [6, 6.07) is 0. The molecule has 0 aromatic heterocycles. The van der Waals surface area contributed by atoms with E-state index in [9.17, 15) is 27.9 Å². The standard InChI is InChI=1S/C13H19F3N2O3/c1-11(10(20)21)3-2-6-18(8-11)9(19)12(13(14,15)16)4-5-17-7-12/h17H,2-8H2,1H3,(H,20,21). The van der Waals surface area contributed by atoms with Crippen molar-refractivity contribution in [3.63, 3.8) is 0 Å². The lowest BCUT2D eigenvalue weighted by molar-refractivity contribution is -0.223. The highest BCUT2D eigenvalue weighted by molar-refractivity contribution is 5.85. The second-order valence-corrected chi connectivity index (χ2v) is 6.20. The van der Waals surface area contributed by atoms with Crippen molar-refractivity contribution < 1.29 is 27.9 Å². The van der Waals surface area contributed by atoms with Crippen molar-refractivity contribution in [2.45, 2.75) is 32.4 Å². The first kappa shape index (κ1) is 16.1. The third-order valence-electron chi connectivity index (χ3n) is 4.61. The van der Waals surface area contributed by atoms with Crippen LogP contribution in [0.25, 0.3) is 0 Å². The average Bonchev–Trinajstić information content (AvgIpc) is 2.88. The van der Waals surface area contributed by atoms with Crippen molar-refractivity contribution >= 4 is 11.9 Å². The van der Waals surface area contributed by atoms with Gasteiger partial charge in [0.25, 0.3) is 0 Å². The minimum Gasteiger partial charge on any atom is -0.481 e. The highest BCUT2D eigenvalue weighted by atomic mass is 19.4. The molecule has 0 spiro atoms. The SMILES string of the molecule is CC1(C(=O)O)CCCN(C(=O)C2(C(F)(F)F)CCNC2)C1. The zero-order valence-electron chi connectivity index (χ0n) is 11.8. The van der Waals surface area contributed by atoms with Crippen LogP contribution in [-0.4, -0.2) is 54.2 Å². The number of carboxylic acid groups (broad SMARTS) is 1. The van der Waals surface area contributed by atoms with Gasteiger partial charge in [0, 0.05) is 19.6 Å². The van der Waals surface area contributed by atoms with Gasteiger partial charge in [-0.2, -0.15) is 13.2 Å². The molecule has 0 aliphatic carbocycles. The van der Waals surface area contributed by atoms with Crippen molar-refractivity contribution in [1.82, 2.24) is 10.2 Å². The van der Waals surface area contributed by atoms with Gasteiger partial charge in [0.05, 0.1) is 5.41 Å². The summed E-state index contributed by atoms with van der Waals surface area (Å²) in [5.74, 6) is -2.07. The number of hydrogen-bond acceptors (Lipinski definition) is 3. The number of halogens is 3. The quantitative estimate of drug-likeness (QED) is 0.805. The fourth-order valence-electron chi connectivity index (χ4n) is 3.13. The van der Waals surface area contributed by atoms with Gasteiger partial charge in [-0.15, -0.1) is 0 Å². The van der Waals surface area contributed by atoms with Crippen LogP contribution in [0.3, 0.4) is 0 Å². The number of alkyl halides is 3. The minimum absolute atomic E-state index is 0.134. The van der Waals surface area contributed by atoms with E-state index in [1.807, 2.05) is 0 Å². The maximum Gasteiger partial charge on any atom is 0.404 e. The third-order valence-corrected chi connectivity index (χ3v) is 4.61. The van der Waals surface area contributed by atoms with E-state index in [1.165, 1.54) is 6.92 Å². The molecule has 2 unspecified atom stereocenters. The first-order chi connectivity index (χ1) is 9.62. The average molecular weight is 308 g/mol. The zero-order chi connectivity index (χ0) is 15.9. The van der Waals surface area contributed by atoms with E-state index in [0.717, 1.165) is 4.90 Å². The van der Waals surface area contributed by atoms with Gasteiger partial charge in [-0.1, -0.05) is 0 Å². The van der Waals surface area contributed by atoms with Crippen LogP contribution in [0.15, 0.2) is 0 Å². The maximum atomic E-state index is 13.4. The molecule has 8 heteroatoms. The molecule has 21 heavy (non-hydrogen) atoms. The molecular weight excluding hydrogens is 289 g/mol. The van der Waals surface area contributed by atoms with Crippen LogP contribution in [0.4, 0.5) is 13.2 Å². The molecule has 5 nitrogen and oxygen atoms in total. The van der Waals surface area contributed by atoms with Crippen LogP contribution >= 0.6 is 0 Å². The van der Waals surface area contributed by atoms with E-state index in [0.29, 0.717) is 12.8 Å². The molecule has 0 saturated carbocycles. The predicted octanol–water partition coefficient (Wildman–Crippen LogP) is 1.24. The number of amides is 1. The van der Waals surface area contributed by atoms with Crippen molar-refractivity contribution in [3.8, 4) is 0 Å². The molecule has 2 N–H and O–H groups in total. The number of nitrogens with zero attached hydrogens (tertiary/aromatic N) is 1. The Balaban J connectivity index is 2.24. The molecule has 2 atom stereocenters. The number of nitrogens with one attached hydrogen (secondary N) is 1. The number of carbonyl (C=O) groups excluding carboxylic acids is 1. The Labute approximate surface area is 120 Å². The lowest BCUT2D eigenvalue weighted by atomic mass is 9.79. The van der Waals surface area contributed by atoms with Crippen molar-refractivity contribution in [1.29, 1.82) is 0 Å². The van der Waals surface area contributed by atoms with Crippen LogP contribution in [-0.2, 0) is 9.59 Å². The van der Waals surface area contributed by atoms with Gasteiger partial charge < -0.3 is 15.3 Å². The Morgan fingerprint density at radius 1 is 1.29 bits per heavy atom. The Kier molecular flexibility index (Phi) is 3.94. The second kappa shape index (κ2) is 5.15. The number of rotatable bonds is 2. The first-order valence-corrected chi connectivity index (χ1v) is 6.93. The monoisotopic (exact) mass is 308 g/mol. The molecule has 2 heterocycles. The zero-order valence-corrected chi connectivity index (χ0v) is 11.8. The molecule has 0 bridgehead atoms. The Bertz CT molecular complexity index is 446. The van der Waals surface area contributed by atoms with Crippen molar-refractivity contribution in [2.75, 3.05) is 26.2 Å². The van der Waals surface area contributed by atoms with E-state index in [1.54, 1.807) is 0 Å². The summed E-state index contributed by atoms with van der Waals surface area (Å²) >= 11 is 0. The molecule has 2 aliphatic rings. The van der Waals surface area contributed by atoms with Crippen LogP contribution in [0.2, 0.25) is 0 Å². The Morgan fingerprint density at radius 2 is 1.95 bits per heavy atom. The molecule has 2 aliphatic heterocycles. The molecule has 0 aromatic carbocycles. The van der Waals surface area contributed by atoms with Crippen molar-refractivity contribution in [3.05, 3.63) is 0 Å². The van der Waals surface area contributed by atoms with Gasteiger partial charge in [-0.05, 0) is 32.7 Å².